The Hall–Kier alpha value is -2.08. The van der Waals surface area contributed by atoms with Crippen LogP contribution in [-0.4, -0.2) is 32.2 Å². The van der Waals surface area contributed by atoms with Crippen LogP contribution in [0.4, 0.5) is 0 Å². The Morgan fingerprint density at radius 1 is 1.29 bits per heavy atom. The van der Waals surface area contributed by atoms with Gasteiger partial charge in [-0.05, 0) is 64.5 Å². The van der Waals surface area contributed by atoms with Crippen LogP contribution >= 0.6 is 11.8 Å². The number of fused-ring (bicyclic) bond motifs is 1. The van der Waals surface area contributed by atoms with E-state index in [1.165, 1.54) is 23.9 Å². The van der Waals surface area contributed by atoms with Gasteiger partial charge in [-0.1, -0.05) is 30.0 Å². The minimum Gasteiger partial charge on any atom is -0.313 e. The van der Waals surface area contributed by atoms with E-state index in [0.29, 0.717) is 27.9 Å². The first-order valence-electron chi connectivity index (χ1n) is 10.2. The van der Waals surface area contributed by atoms with Gasteiger partial charge in [0.05, 0.1) is 16.7 Å². The van der Waals surface area contributed by atoms with Crippen LogP contribution in [0, 0.1) is 0 Å². The molecular weight excluding hydrogens is 370 g/mol. The van der Waals surface area contributed by atoms with E-state index in [1.807, 2.05) is 43.0 Å². The molecule has 1 amide bonds. The fraction of sp³-hybridized carbons (Fsp3) is 0.500. The summed E-state index contributed by atoms with van der Waals surface area (Å²) in [7, 11) is 0. The second kappa shape index (κ2) is 8.11. The van der Waals surface area contributed by atoms with Crippen molar-refractivity contribution in [2.45, 2.75) is 69.6 Å². The van der Waals surface area contributed by atoms with Gasteiger partial charge in [-0.2, -0.15) is 0 Å². The van der Waals surface area contributed by atoms with Gasteiger partial charge in [-0.15, -0.1) is 0 Å². The number of nitrogens with zero attached hydrogens (tertiary/aromatic N) is 3. The van der Waals surface area contributed by atoms with E-state index < -0.39 is 0 Å². The topological polar surface area (TPSA) is 55.2 Å². The normalized spacial score (nSPS) is 17.0. The van der Waals surface area contributed by atoms with Crippen molar-refractivity contribution in [3.05, 3.63) is 46.4 Å². The molecule has 148 valence electrons. The fourth-order valence-electron chi connectivity index (χ4n) is 3.85. The third kappa shape index (κ3) is 3.88. The van der Waals surface area contributed by atoms with E-state index >= 15 is 0 Å². The molecule has 6 heteroatoms. The molecule has 0 bridgehead atoms. The summed E-state index contributed by atoms with van der Waals surface area (Å²) in [4.78, 5) is 32.8. The summed E-state index contributed by atoms with van der Waals surface area (Å²) in [5, 5.41) is 1.25. The monoisotopic (exact) mass is 397 g/mol. The van der Waals surface area contributed by atoms with Crippen molar-refractivity contribution >= 4 is 28.6 Å². The first-order valence-corrected chi connectivity index (χ1v) is 11.2. The number of amides is 1. The number of rotatable bonds is 6. The summed E-state index contributed by atoms with van der Waals surface area (Å²) < 4.78 is 1.71. The molecule has 0 spiro atoms. The molecule has 0 unspecified atom stereocenters. The molecule has 1 fully saturated rings. The molecule has 2 aliphatic rings. The van der Waals surface area contributed by atoms with Gasteiger partial charge in [0.1, 0.15) is 0 Å². The van der Waals surface area contributed by atoms with Gasteiger partial charge in [-0.3, -0.25) is 14.2 Å². The maximum Gasteiger partial charge on any atom is 0.262 e. The van der Waals surface area contributed by atoms with Gasteiger partial charge in [-0.25, -0.2) is 4.98 Å². The summed E-state index contributed by atoms with van der Waals surface area (Å²) in [6.45, 7) is 3.96. The van der Waals surface area contributed by atoms with Gasteiger partial charge >= 0.3 is 0 Å². The SMILES string of the molecule is CC(C)n1c(SCC(=O)N(C2=CCCCC2)C2CC2)nc2ccccc2c1=O. The van der Waals surface area contributed by atoms with Crippen LogP contribution in [0.3, 0.4) is 0 Å². The minimum absolute atomic E-state index is 0.0113. The standard InChI is InChI=1S/C22H27N3O2S/c1-15(2)24-21(27)18-10-6-7-11-19(18)23-22(24)28-14-20(26)25(17-12-13-17)16-8-4-3-5-9-16/h6-8,10-11,15,17H,3-5,9,12-14H2,1-2H3. The Morgan fingerprint density at radius 3 is 2.75 bits per heavy atom. The zero-order chi connectivity index (χ0) is 19.7. The number of carbonyl (C=O) groups is 1. The molecular formula is C22H27N3O2S. The predicted molar refractivity (Wildman–Crippen MR) is 114 cm³/mol. The third-order valence-electron chi connectivity index (χ3n) is 5.37. The van der Waals surface area contributed by atoms with Crippen LogP contribution in [0.5, 0.6) is 0 Å². The zero-order valence-electron chi connectivity index (χ0n) is 16.6. The number of aromatic nitrogens is 2. The van der Waals surface area contributed by atoms with Crippen molar-refractivity contribution in [3.63, 3.8) is 0 Å². The smallest absolute Gasteiger partial charge is 0.262 e. The first kappa shape index (κ1) is 19.2. The molecule has 1 aromatic heterocycles. The van der Waals surface area contributed by atoms with Gasteiger partial charge in [0, 0.05) is 17.8 Å². The quantitative estimate of drug-likeness (QED) is 0.531. The van der Waals surface area contributed by atoms with E-state index in [4.69, 9.17) is 4.98 Å². The maximum absolute atomic E-state index is 13.1. The molecule has 2 aliphatic carbocycles. The van der Waals surface area contributed by atoms with Crippen molar-refractivity contribution in [2.24, 2.45) is 0 Å². The van der Waals surface area contributed by atoms with Crippen molar-refractivity contribution in [3.8, 4) is 0 Å². The lowest BCUT2D eigenvalue weighted by molar-refractivity contribution is -0.127. The number of hydrogen-bond acceptors (Lipinski definition) is 4. The highest BCUT2D eigenvalue weighted by atomic mass is 32.2. The fourth-order valence-corrected chi connectivity index (χ4v) is 4.84. The second-order valence-corrected chi connectivity index (χ2v) is 8.85. The molecule has 2 aromatic rings. The van der Waals surface area contributed by atoms with E-state index in [-0.39, 0.29) is 17.5 Å². The van der Waals surface area contributed by atoms with Crippen LogP contribution in [0.2, 0.25) is 0 Å². The van der Waals surface area contributed by atoms with Crippen molar-refractivity contribution in [2.75, 3.05) is 5.75 Å². The van der Waals surface area contributed by atoms with E-state index in [9.17, 15) is 9.59 Å². The molecule has 1 saturated carbocycles. The molecule has 0 aliphatic heterocycles. The number of allylic oxidation sites excluding steroid dienone is 2. The Labute approximate surface area is 169 Å². The Morgan fingerprint density at radius 2 is 2.07 bits per heavy atom. The molecule has 1 aromatic carbocycles. The Bertz CT molecular complexity index is 975. The first-order chi connectivity index (χ1) is 13.6. The number of para-hydroxylation sites is 1. The summed E-state index contributed by atoms with van der Waals surface area (Å²) in [5.41, 5.74) is 1.85. The van der Waals surface area contributed by atoms with Crippen molar-refractivity contribution in [1.29, 1.82) is 0 Å². The van der Waals surface area contributed by atoms with Gasteiger partial charge in [0.15, 0.2) is 5.16 Å². The Balaban J connectivity index is 1.59. The summed E-state index contributed by atoms with van der Waals surface area (Å²) in [5.74, 6) is 0.448. The second-order valence-electron chi connectivity index (χ2n) is 7.91. The molecule has 0 atom stereocenters. The van der Waals surface area contributed by atoms with Crippen molar-refractivity contribution < 1.29 is 4.79 Å². The van der Waals surface area contributed by atoms with E-state index in [1.54, 1.807) is 4.57 Å². The lowest BCUT2D eigenvalue weighted by Gasteiger charge is -2.28. The van der Waals surface area contributed by atoms with E-state index in [2.05, 4.69) is 6.08 Å². The predicted octanol–water partition coefficient (Wildman–Crippen LogP) is 4.52. The van der Waals surface area contributed by atoms with Gasteiger partial charge in [0.25, 0.3) is 5.56 Å². The highest BCUT2D eigenvalue weighted by Crippen LogP contribution is 2.34. The summed E-state index contributed by atoms with van der Waals surface area (Å²) >= 11 is 1.38. The number of carbonyl (C=O) groups excluding carboxylic acids is 1. The Kier molecular flexibility index (Phi) is 5.58. The lowest BCUT2D eigenvalue weighted by Crippen LogP contribution is -2.34. The molecule has 1 heterocycles. The third-order valence-corrected chi connectivity index (χ3v) is 6.31. The zero-order valence-corrected chi connectivity index (χ0v) is 17.4. The van der Waals surface area contributed by atoms with Crippen LogP contribution < -0.4 is 5.56 Å². The maximum atomic E-state index is 13.1. The summed E-state index contributed by atoms with van der Waals surface area (Å²) in [6, 6.07) is 7.78. The molecule has 0 radical (unpaired) electrons. The number of hydrogen-bond donors (Lipinski definition) is 0. The molecule has 4 rings (SSSR count). The highest BCUT2D eigenvalue weighted by Gasteiger charge is 2.35. The van der Waals surface area contributed by atoms with Crippen LogP contribution in [0.15, 0.2) is 46.0 Å². The van der Waals surface area contributed by atoms with Gasteiger partial charge < -0.3 is 4.90 Å². The minimum atomic E-state index is -0.0374. The average Bonchev–Trinajstić information content (AvgIpc) is 3.52. The lowest BCUT2D eigenvalue weighted by atomic mass is 10.0. The molecule has 0 N–H and O–H groups in total. The largest absolute Gasteiger partial charge is 0.313 e. The van der Waals surface area contributed by atoms with Crippen molar-refractivity contribution in [1.82, 2.24) is 14.5 Å². The van der Waals surface area contributed by atoms with Crippen LogP contribution in [0.1, 0.15) is 58.4 Å². The number of benzene rings is 1. The van der Waals surface area contributed by atoms with Crippen LogP contribution in [-0.2, 0) is 4.79 Å². The van der Waals surface area contributed by atoms with Gasteiger partial charge in [0.2, 0.25) is 5.91 Å². The average molecular weight is 398 g/mol. The number of thioether (sulfide) groups is 1. The molecule has 28 heavy (non-hydrogen) atoms. The molecule has 5 nitrogen and oxygen atoms in total. The van der Waals surface area contributed by atoms with E-state index in [0.717, 1.165) is 32.1 Å². The van der Waals surface area contributed by atoms with Crippen LogP contribution in [0.25, 0.3) is 10.9 Å². The highest BCUT2D eigenvalue weighted by molar-refractivity contribution is 7.99. The summed E-state index contributed by atoms with van der Waals surface area (Å²) in [6.07, 6.45) is 8.87. The molecule has 0 saturated heterocycles.